The minimum atomic E-state index is -0.255. The Bertz CT molecular complexity index is 611. The second-order valence-corrected chi connectivity index (χ2v) is 5.82. The van der Waals surface area contributed by atoms with Gasteiger partial charge in [-0.25, -0.2) is 0 Å². The van der Waals surface area contributed by atoms with Crippen LogP contribution in [0.15, 0.2) is 29.8 Å². The lowest BCUT2D eigenvalue weighted by Gasteiger charge is -2.26. The highest BCUT2D eigenvalue weighted by molar-refractivity contribution is 6.02. The van der Waals surface area contributed by atoms with Crippen LogP contribution < -0.4 is 4.74 Å². The van der Waals surface area contributed by atoms with E-state index >= 15 is 0 Å². The van der Waals surface area contributed by atoms with Crippen LogP contribution in [0, 0.1) is 17.2 Å². The van der Waals surface area contributed by atoms with Crippen molar-refractivity contribution < 1.29 is 14.3 Å². The molecule has 0 aromatic heterocycles. The Morgan fingerprint density at radius 2 is 2.09 bits per heavy atom. The zero-order chi connectivity index (χ0) is 16.7. The van der Waals surface area contributed by atoms with E-state index in [9.17, 15) is 10.1 Å². The van der Waals surface area contributed by atoms with Crippen LogP contribution in [0.1, 0.15) is 19.4 Å². The van der Waals surface area contributed by atoms with Gasteiger partial charge in [0, 0.05) is 18.7 Å². The van der Waals surface area contributed by atoms with Gasteiger partial charge in [-0.2, -0.15) is 5.26 Å². The number of carbonyl (C=O) groups excluding carboxylic acids is 1. The van der Waals surface area contributed by atoms with Crippen molar-refractivity contribution in [1.29, 1.82) is 5.26 Å². The van der Waals surface area contributed by atoms with Gasteiger partial charge >= 0.3 is 0 Å². The number of rotatable bonds is 5. The van der Waals surface area contributed by atoms with Gasteiger partial charge in [0.05, 0.1) is 19.8 Å². The molecule has 5 nitrogen and oxygen atoms in total. The first-order valence-corrected chi connectivity index (χ1v) is 7.82. The van der Waals surface area contributed by atoms with Crippen LogP contribution in [0.3, 0.4) is 0 Å². The summed E-state index contributed by atoms with van der Waals surface area (Å²) in [6.07, 6.45) is 1.60. The van der Waals surface area contributed by atoms with E-state index in [-0.39, 0.29) is 11.5 Å². The molecule has 122 valence electrons. The third kappa shape index (κ3) is 4.83. The second-order valence-electron chi connectivity index (χ2n) is 5.82. The molecule has 0 atom stereocenters. The molecule has 0 unspecified atom stereocenters. The van der Waals surface area contributed by atoms with Gasteiger partial charge in [-0.3, -0.25) is 4.79 Å². The second kappa shape index (κ2) is 8.35. The van der Waals surface area contributed by atoms with E-state index in [4.69, 9.17) is 9.47 Å². The maximum Gasteiger partial charge on any atom is 0.264 e. The minimum Gasteiger partial charge on any atom is -0.493 e. The summed E-state index contributed by atoms with van der Waals surface area (Å²) < 4.78 is 11.0. The molecule has 0 radical (unpaired) electrons. The van der Waals surface area contributed by atoms with Crippen LogP contribution in [0.25, 0.3) is 6.08 Å². The Kier molecular flexibility index (Phi) is 6.19. The Labute approximate surface area is 137 Å². The SMILES string of the molecule is CC(C)COc1ccccc1/C=C(\C#N)C(=O)N1CCOCC1. The lowest BCUT2D eigenvalue weighted by molar-refractivity contribution is -0.130. The molecule has 0 N–H and O–H groups in total. The standard InChI is InChI=1S/C18H22N2O3/c1-14(2)13-23-17-6-4-3-5-15(17)11-16(12-19)18(21)20-7-9-22-10-8-20/h3-6,11,14H,7-10,13H2,1-2H3/b16-11+. The van der Waals surface area contributed by atoms with Crippen molar-refractivity contribution in [2.75, 3.05) is 32.9 Å². The van der Waals surface area contributed by atoms with Gasteiger partial charge in [0.15, 0.2) is 0 Å². The zero-order valence-corrected chi connectivity index (χ0v) is 13.6. The van der Waals surface area contributed by atoms with E-state index in [1.165, 1.54) is 0 Å². The van der Waals surface area contributed by atoms with E-state index in [2.05, 4.69) is 13.8 Å². The molecule has 0 aliphatic carbocycles. The molecule has 0 bridgehead atoms. The van der Waals surface area contributed by atoms with E-state index < -0.39 is 0 Å². The number of hydrogen-bond acceptors (Lipinski definition) is 4. The van der Waals surface area contributed by atoms with Gasteiger partial charge in [-0.1, -0.05) is 32.0 Å². The number of carbonyl (C=O) groups is 1. The molecule has 1 aromatic rings. The van der Waals surface area contributed by atoms with Crippen molar-refractivity contribution in [3.63, 3.8) is 0 Å². The van der Waals surface area contributed by atoms with Crippen LogP contribution in [0.5, 0.6) is 5.75 Å². The average Bonchev–Trinajstić information content (AvgIpc) is 2.58. The molecule has 1 heterocycles. The molecule has 5 heteroatoms. The maximum atomic E-state index is 12.4. The molecule has 0 spiro atoms. The number of nitriles is 1. The number of hydrogen-bond donors (Lipinski definition) is 0. The molecular formula is C18H22N2O3. The Balaban J connectivity index is 2.20. The quantitative estimate of drug-likeness (QED) is 0.619. The summed E-state index contributed by atoms with van der Waals surface area (Å²) in [5.74, 6) is 0.829. The van der Waals surface area contributed by atoms with Crippen LogP contribution in [-0.2, 0) is 9.53 Å². The van der Waals surface area contributed by atoms with Crippen LogP contribution in [-0.4, -0.2) is 43.7 Å². The van der Waals surface area contributed by atoms with Crippen molar-refractivity contribution in [1.82, 2.24) is 4.90 Å². The highest BCUT2D eigenvalue weighted by Gasteiger charge is 2.21. The third-order valence-electron chi connectivity index (χ3n) is 3.44. The van der Waals surface area contributed by atoms with Crippen molar-refractivity contribution >= 4 is 12.0 Å². The average molecular weight is 314 g/mol. The highest BCUT2D eigenvalue weighted by Crippen LogP contribution is 2.22. The van der Waals surface area contributed by atoms with Crippen molar-refractivity contribution in [2.45, 2.75) is 13.8 Å². The number of benzene rings is 1. The Morgan fingerprint density at radius 1 is 1.39 bits per heavy atom. The predicted molar refractivity (Wildman–Crippen MR) is 87.8 cm³/mol. The number of ether oxygens (including phenoxy) is 2. The van der Waals surface area contributed by atoms with Gasteiger partial charge in [-0.05, 0) is 18.1 Å². The topological polar surface area (TPSA) is 62.6 Å². The predicted octanol–water partition coefficient (Wildman–Crippen LogP) is 2.49. The summed E-state index contributed by atoms with van der Waals surface area (Å²) in [6.45, 7) is 6.79. The van der Waals surface area contributed by atoms with Crippen LogP contribution in [0.2, 0.25) is 0 Å². The molecule has 1 saturated heterocycles. The first-order chi connectivity index (χ1) is 11.1. The fourth-order valence-corrected chi connectivity index (χ4v) is 2.22. The van der Waals surface area contributed by atoms with Crippen molar-refractivity contribution in [2.24, 2.45) is 5.92 Å². The van der Waals surface area contributed by atoms with Gasteiger partial charge in [-0.15, -0.1) is 0 Å². The molecule has 2 rings (SSSR count). The lowest BCUT2D eigenvalue weighted by atomic mass is 10.1. The molecule has 1 fully saturated rings. The Morgan fingerprint density at radius 3 is 2.74 bits per heavy atom. The molecule has 1 aliphatic heterocycles. The fraction of sp³-hybridized carbons (Fsp3) is 0.444. The number of morpholine rings is 1. The number of amides is 1. The summed E-state index contributed by atoms with van der Waals surface area (Å²) in [5, 5.41) is 9.36. The van der Waals surface area contributed by atoms with E-state index in [0.29, 0.717) is 44.6 Å². The fourth-order valence-electron chi connectivity index (χ4n) is 2.22. The third-order valence-corrected chi connectivity index (χ3v) is 3.44. The first kappa shape index (κ1) is 17.0. The van der Waals surface area contributed by atoms with Crippen molar-refractivity contribution in [3.05, 3.63) is 35.4 Å². The molecular weight excluding hydrogens is 292 g/mol. The van der Waals surface area contributed by atoms with E-state index in [0.717, 1.165) is 5.56 Å². The van der Waals surface area contributed by atoms with Gasteiger partial charge in [0.2, 0.25) is 0 Å². The first-order valence-electron chi connectivity index (χ1n) is 7.82. The summed E-state index contributed by atoms with van der Waals surface area (Å²) >= 11 is 0. The molecule has 1 aliphatic rings. The molecule has 23 heavy (non-hydrogen) atoms. The van der Waals surface area contributed by atoms with E-state index in [1.54, 1.807) is 11.0 Å². The highest BCUT2D eigenvalue weighted by atomic mass is 16.5. The number of nitrogens with zero attached hydrogens (tertiary/aromatic N) is 2. The maximum absolute atomic E-state index is 12.4. The van der Waals surface area contributed by atoms with Gasteiger partial charge in [0.1, 0.15) is 17.4 Å². The van der Waals surface area contributed by atoms with Gasteiger partial charge in [0.25, 0.3) is 5.91 Å². The van der Waals surface area contributed by atoms with Crippen LogP contribution in [0.4, 0.5) is 0 Å². The minimum absolute atomic E-state index is 0.118. The Hall–Kier alpha value is -2.32. The molecule has 1 amide bonds. The zero-order valence-electron chi connectivity index (χ0n) is 13.6. The van der Waals surface area contributed by atoms with Crippen molar-refractivity contribution in [3.8, 4) is 11.8 Å². The number of para-hydroxylation sites is 1. The normalized spacial score (nSPS) is 15.4. The monoisotopic (exact) mass is 314 g/mol. The van der Waals surface area contributed by atoms with E-state index in [1.807, 2.05) is 30.3 Å². The molecule has 0 saturated carbocycles. The summed E-state index contributed by atoms with van der Waals surface area (Å²) in [6, 6.07) is 9.45. The van der Waals surface area contributed by atoms with Gasteiger partial charge < -0.3 is 14.4 Å². The summed E-state index contributed by atoms with van der Waals surface area (Å²) in [5.41, 5.74) is 0.860. The summed E-state index contributed by atoms with van der Waals surface area (Å²) in [7, 11) is 0. The van der Waals surface area contributed by atoms with Crippen LogP contribution >= 0.6 is 0 Å². The molecule has 1 aromatic carbocycles. The lowest BCUT2D eigenvalue weighted by Crippen LogP contribution is -2.41. The summed E-state index contributed by atoms with van der Waals surface area (Å²) in [4.78, 5) is 14.1. The smallest absolute Gasteiger partial charge is 0.264 e. The largest absolute Gasteiger partial charge is 0.493 e.